The summed E-state index contributed by atoms with van der Waals surface area (Å²) in [4.78, 5) is 27.4. The summed E-state index contributed by atoms with van der Waals surface area (Å²) in [5.41, 5.74) is 0.498. The molecule has 0 saturated carbocycles. The number of aromatic nitrogens is 1. The van der Waals surface area contributed by atoms with Gasteiger partial charge in [-0.2, -0.15) is 0 Å². The van der Waals surface area contributed by atoms with Crippen LogP contribution in [0.2, 0.25) is 5.02 Å². The number of pyridine rings is 1. The number of benzene rings is 1. The van der Waals surface area contributed by atoms with Crippen LogP contribution in [0.1, 0.15) is 30.1 Å². The molecular weight excluding hydrogens is 332 g/mol. The Bertz CT molecular complexity index is 812. The third-order valence-electron chi connectivity index (χ3n) is 3.99. The predicted octanol–water partition coefficient (Wildman–Crippen LogP) is 2.95. The largest absolute Gasteiger partial charge is 0.462 e. The third kappa shape index (κ3) is 3.39. The van der Waals surface area contributed by atoms with Crippen molar-refractivity contribution in [3.05, 3.63) is 39.1 Å². The van der Waals surface area contributed by atoms with Gasteiger partial charge in [-0.05, 0) is 38.0 Å². The van der Waals surface area contributed by atoms with Crippen LogP contribution in [0.5, 0.6) is 0 Å². The standard InChI is InChI=1S/C17H19ClN2O4/c1-2-23-17(22)14-15(19-9-11-4-3-7-24-11)12-6-5-10(18)8-13(12)20-16(14)21/h5-6,8,11H,2-4,7,9H2,1H3,(H2,19,20,21). The van der Waals surface area contributed by atoms with E-state index < -0.39 is 11.5 Å². The van der Waals surface area contributed by atoms with Crippen molar-refractivity contribution >= 4 is 34.2 Å². The van der Waals surface area contributed by atoms with Crippen LogP contribution in [0, 0.1) is 0 Å². The maximum atomic E-state index is 12.4. The molecule has 0 bridgehead atoms. The Kier molecular flexibility index (Phi) is 5.06. The highest BCUT2D eigenvalue weighted by Gasteiger charge is 2.22. The van der Waals surface area contributed by atoms with Gasteiger partial charge in [-0.3, -0.25) is 4.79 Å². The summed E-state index contributed by atoms with van der Waals surface area (Å²) in [5, 5.41) is 4.42. The lowest BCUT2D eigenvalue weighted by Gasteiger charge is -2.16. The van der Waals surface area contributed by atoms with Crippen LogP contribution >= 0.6 is 11.6 Å². The molecule has 0 amide bonds. The molecule has 1 fully saturated rings. The predicted molar refractivity (Wildman–Crippen MR) is 93.0 cm³/mol. The van der Waals surface area contributed by atoms with Crippen LogP contribution in [0.15, 0.2) is 23.0 Å². The van der Waals surface area contributed by atoms with Crippen molar-refractivity contribution in [2.75, 3.05) is 25.1 Å². The molecule has 2 aromatic rings. The summed E-state index contributed by atoms with van der Waals surface area (Å²) in [6.07, 6.45) is 2.04. The smallest absolute Gasteiger partial charge is 0.345 e. The highest BCUT2D eigenvalue weighted by Crippen LogP contribution is 2.27. The second-order valence-electron chi connectivity index (χ2n) is 5.63. The molecule has 6 nitrogen and oxygen atoms in total. The lowest BCUT2D eigenvalue weighted by molar-refractivity contribution is 0.0525. The van der Waals surface area contributed by atoms with Crippen LogP contribution in [0.25, 0.3) is 10.9 Å². The summed E-state index contributed by atoms with van der Waals surface area (Å²) in [6.45, 7) is 3.16. The summed E-state index contributed by atoms with van der Waals surface area (Å²) in [5.74, 6) is -0.648. The maximum Gasteiger partial charge on any atom is 0.345 e. The van der Waals surface area contributed by atoms with E-state index in [1.54, 1.807) is 25.1 Å². The minimum atomic E-state index is -0.648. The second kappa shape index (κ2) is 7.23. The molecule has 1 unspecified atom stereocenters. The fraction of sp³-hybridized carbons (Fsp3) is 0.412. The Morgan fingerprint density at radius 3 is 3.04 bits per heavy atom. The monoisotopic (exact) mass is 350 g/mol. The molecule has 7 heteroatoms. The number of halogens is 1. The van der Waals surface area contributed by atoms with Crippen molar-refractivity contribution in [2.45, 2.75) is 25.9 Å². The molecule has 0 spiro atoms. The Hall–Kier alpha value is -2.05. The van der Waals surface area contributed by atoms with Gasteiger partial charge in [-0.15, -0.1) is 0 Å². The highest BCUT2D eigenvalue weighted by molar-refractivity contribution is 6.31. The molecule has 1 aromatic heterocycles. The minimum absolute atomic E-state index is 0.0235. The number of rotatable bonds is 5. The van der Waals surface area contributed by atoms with Crippen LogP contribution in [-0.2, 0) is 9.47 Å². The first kappa shape index (κ1) is 16.8. The lowest BCUT2D eigenvalue weighted by Crippen LogP contribution is -2.26. The molecular formula is C17H19ClN2O4. The molecule has 1 aliphatic heterocycles. The molecule has 3 rings (SSSR count). The summed E-state index contributed by atoms with van der Waals surface area (Å²) >= 11 is 6.00. The number of ether oxygens (including phenoxy) is 2. The number of aromatic amines is 1. The molecule has 2 N–H and O–H groups in total. The molecule has 2 heterocycles. The van der Waals surface area contributed by atoms with Gasteiger partial charge in [0, 0.05) is 23.6 Å². The topological polar surface area (TPSA) is 80.4 Å². The van der Waals surface area contributed by atoms with E-state index in [0.29, 0.717) is 28.2 Å². The van der Waals surface area contributed by atoms with Crippen molar-refractivity contribution in [1.29, 1.82) is 0 Å². The molecule has 0 radical (unpaired) electrons. The Morgan fingerprint density at radius 2 is 2.33 bits per heavy atom. The van der Waals surface area contributed by atoms with Gasteiger partial charge in [-0.25, -0.2) is 4.79 Å². The Balaban J connectivity index is 2.07. The maximum absolute atomic E-state index is 12.4. The zero-order chi connectivity index (χ0) is 17.1. The number of H-pyrrole nitrogens is 1. The average molecular weight is 351 g/mol. The van der Waals surface area contributed by atoms with Crippen LogP contribution in [0.4, 0.5) is 5.69 Å². The van der Waals surface area contributed by atoms with E-state index in [1.165, 1.54) is 0 Å². The number of fused-ring (bicyclic) bond motifs is 1. The van der Waals surface area contributed by atoms with E-state index in [4.69, 9.17) is 21.1 Å². The number of hydrogen-bond acceptors (Lipinski definition) is 5. The fourth-order valence-corrected chi connectivity index (χ4v) is 3.05. The van der Waals surface area contributed by atoms with Gasteiger partial charge in [0.25, 0.3) is 5.56 Å². The first-order chi connectivity index (χ1) is 11.6. The van der Waals surface area contributed by atoms with Crippen molar-refractivity contribution < 1.29 is 14.3 Å². The minimum Gasteiger partial charge on any atom is -0.462 e. The summed E-state index contributed by atoms with van der Waals surface area (Å²) in [7, 11) is 0. The molecule has 1 atom stereocenters. The molecule has 0 aliphatic carbocycles. The van der Waals surface area contributed by atoms with E-state index >= 15 is 0 Å². The van der Waals surface area contributed by atoms with Crippen molar-refractivity contribution in [3.63, 3.8) is 0 Å². The second-order valence-corrected chi connectivity index (χ2v) is 6.07. The zero-order valence-corrected chi connectivity index (χ0v) is 14.1. The van der Waals surface area contributed by atoms with Gasteiger partial charge in [0.1, 0.15) is 5.56 Å². The summed E-state index contributed by atoms with van der Waals surface area (Å²) in [6, 6.07) is 5.15. The van der Waals surface area contributed by atoms with Crippen molar-refractivity contribution in [1.82, 2.24) is 4.98 Å². The van der Waals surface area contributed by atoms with Gasteiger partial charge >= 0.3 is 5.97 Å². The van der Waals surface area contributed by atoms with Gasteiger partial charge in [-0.1, -0.05) is 11.6 Å². The number of anilines is 1. The van der Waals surface area contributed by atoms with Crippen LogP contribution in [-0.4, -0.2) is 36.8 Å². The van der Waals surface area contributed by atoms with Gasteiger partial charge in [0.05, 0.1) is 23.9 Å². The summed E-state index contributed by atoms with van der Waals surface area (Å²) < 4.78 is 10.6. The van der Waals surface area contributed by atoms with E-state index in [9.17, 15) is 9.59 Å². The molecule has 24 heavy (non-hydrogen) atoms. The lowest BCUT2D eigenvalue weighted by atomic mass is 10.1. The first-order valence-corrected chi connectivity index (χ1v) is 8.36. The van der Waals surface area contributed by atoms with E-state index in [-0.39, 0.29) is 18.3 Å². The van der Waals surface area contributed by atoms with Gasteiger partial charge in [0.15, 0.2) is 0 Å². The molecule has 1 aromatic carbocycles. The normalized spacial score (nSPS) is 17.2. The average Bonchev–Trinajstić information content (AvgIpc) is 3.05. The van der Waals surface area contributed by atoms with Crippen LogP contribution in [0.3, 0.4) is 0 Å². The van der Waals surface area contributed by atoms with Gasteiger partial charge < -0.3 is 19.8 Å². The number of nitrogens with one attached hydrogen (secondary N) is 2. The number of carbonyl (C=O) groups excluding carboxylic acids is 1. The first-order valence-electron chi connectivity index (χ1n) is 7.98. The quantitative estimate of drug-likeness (QED) is 0.810. The van der Waals surface area contributed by atoms with E-state index in [2.05, 4.69) is 10.3 Å². The zero-order valence-electron chi connectivity index (χ0n) is 13.4. The van der Waals surface area contributed by atoms with Gasteiger partial charge in [0.2, 0.25) is 0 Å². The molecule has 128 valence electrons. The van der Waals surface area contributed by atoms with Crippen molar-refractivity contribution in [3.8, 4) is 0 Å². The SMILES string of the molecule is CCOC(=O)c1c(NCC2CCCO2)c2ccc(Cl)cc2[nH]c1=O. The molecule has 1 saturated heterocycles. The molecule has 1 aliphatic rings. The number of esters is 1. The number of hydrogen-bond donors (Lipinski definition) is 2. The van der Waals surface area contributed by atoms with Crippen LogP contribution < -0.4 is 10.9 Å². The number of carbonyl (C=O) groups is 1. The van der Waals surface area contributed by atoms with E-state index in [0.717, 1.165) is 19.4 Å². The Morgan fingerprint density at radius 1 is 1.50 bits per heavy atom. The highest BCUT2D eigenvalue weighted by atomic mass is 35.5. The third-order valence-corrected chi connectivity index (χ3v) is 4.22. The fourth-order valence-electron chi connectivity index (χ4n) is 2.87. The van der Waals surface area contributed by atoms with Crippen molar-refractivity contribution in [2.24, 2.45) is 0 Å². The van der Waals surface area contributed by atoms with E-state index in [1.807, 2.05) is 0 Å². The Labute approximate surface area is 144 Å².